The molecular weight excluding hydrogens is 254 g/mol. The van der Waals surface area contributed by atoms with Crippen LogP contribution in [-0.4, -0.2) is 49.3 Å². The molecule has 1 atom stereocenters. The Morgan fingerprint density at radius 2 is 1.89 bits per heavy atom. The maximum atomic E-state index is 12.1. The van der Waals surface area contributed by atoms with Crippen molar-refractivity contribution in [2.75, 3.05) is 26.7 Å². The summed E-state index contributed by atoms with van der Waals surface area (Å²) in [6.07, 6.45) is -3.21. The van der Waals surface area contributed by atoms with Gasteiger partial charge in [0.1, 0.15) is 18.5 Å². The molecule has 6 heteroatoms. The highest BCUT2D eigenvalue weighted by Gasteiger charge is 2.13. The Labute approximate surface area is 111 Å². The summed E-state index contributed by atoms with van der Waals surface area (Å²) >= 11 is 0. The smallest absolute Gasteiger partial charge is 0.251 e. The first-order valence-corrected chi connectivity index (χ1v) is 6.08. The lowest BCUT2D eigenvalue weighted by Crippen LogP contribution is -2.35. The van der Waals surface area contributed by atoms with Gasteiger partial charge in [0, 0.05) is 13.1 Å². The largest absolute Gasteiger partial charge is 0.491 e. The minimum Gasteiger partial charge on any atom is -0.491 e. The van der Waals surface area contributed by atoms with Crippen molar-refractivity contribution in [2.45, 2.75) is 19.1 Å². The third-order valence-corrected chi connectivity index (χ3v) is 2.57. The topological polar surface area (TPSA) is 58.7 Å². The van der Waals surface area contributed by atoms with Gasteiger partial charge in [-0.2, -0.15) is 0 Å². The van der Waals surface area contributed by atoms with E-state index in [9.17, 15) is 13.9 Å². The Kier molecular flexibility index (Phi) is 6.69. The van der Waals surface area contributed by atoms with Crippen LogP contribution < -0.4 is 10.5 Å². The SMILES string of the molecule is CN(CC(F)F)CC(O)COc1ccc(CN)cc1. The van der Waals surface area contributed by atoms with Crippen LogP contribution in [0.2, 0.25) is 0 Å². The highest BCUT2D eigenvalue weighted by Crippen LogP contribution is 2.12. The Hall–Kier alpha value is -1.24. The Morgan fingerprint density at radius 3 is 2.42 bits per heavy atom. The second-order valence-electron chi connectivity index (χ2n) is 4.43. The summed E-state index contributed by atoms with van der Waals surface area (Å²) in [5.74, 6) is 0.618. The lowest BCUT2D eigenvalue weighted by molar-refractivity contribution is 0.0473. The van der Waals surface area contributed by atoms with Gasteiger partial charge >= 0.3 is 0 Å². The van der Waals surface area contributed by atoms with E-state index < -0.39 is 12.5 Å². The number of nitrogens with two attached hydrogens (primary N) is 1. The van der Waals surface area contributed by atoms with Crippen LogP contribution >= 0.6 is 0 Å². The zero-order chi connectivity index (χ0) is 14.3. The van der Waals surface area contributed by atoms with Gasteiger partial charge in [-0.05, 0) is 24.7 Å². The quantitative estimate of drug-likeness (QED) is 0.745. The number of aliphatic hydroxyl groups excluding tert-OH is 1. The highest BCUT2D eigenvalue weighted by molar-refractivity contribution is 5.27. The van der Waals surface area contributed by atoms with Gasteiger partial charge in [0.15, 0.2) is 0 Å². The van der Waals surface area contributed by atoms with Crippen molar-refractivity contribution in [3.8, 4) is 5.75 Å². The average Bonchev–Trinajstić information content (AvgIpc) is 2.36. The van der Waals surface area contributed by atoms with E-state index in [1.165, 1.54) is 11.9 Å². The maximum absolute atomic E-state index is 12.1. The first-order valence-electron chi connectivity index (χ1n) is 6.08. The van der Waals surface area contributed by atoms with Gasteiger partial charge in [0.25, 0.3) is 6.43 Å². The molecule has 0 aliphatic rings. The number of likely N-dealkylation sites (N-methyl/N-ethyl adjacent to an activating group) is 1. The molecule has 0 fully saturated rings. The Morgan fingerprint density at radius 1 is 1.26 bits per heavy atom. The van der Waals surface area contributed by atoms with Crippen LogP contribution in [0.3, 0.4) is 0 Å². The van der Waals surface area contributed by atoms with Gasteiger partial charge in [0.05, 0.1) is 6.54 Å². The van der Waals surface area contributed by atoms with E-state index in [-0.39, 0.29) is 19.7 Å². The molecule has 1 aromatic rings. The summed E-state index contributed by atoms with van der Waals surface area (Å²) in [6, 6.07) is 7.20. The average molecular weight is 274 g/mol. The molecule has 19 heavy (non-hydrogen) atoms. The molecule has 0 spiro atoms. The van der Waals surface area contributed by atoms with Crippen molar-refractivity contribution in [1.82, 2.24) is 4.90 Å². The van der Waals surface area contributed by atoms with Crippen molar-refractivity contribution in [3.05, 3.63) is 29.8 Å². The number of hydrogen-bond acceptors (Lipinski definition) is 4. The van der Waals surface area contributed by atoms with Crippen molar-refractivity contribution >= 4 is 0 Å². The number of halogens is 2. The monoisotopic (exact) mass is 274 g/mol. The van der Waals surface area contributed by atoms with Crippen molar-refractivity contribution < 1.29 is 18.6 Å². The van der Waals surface area contributed by atoms with Gasteiger partial charge in [-0.1, -0.05) is 12.1 Å². The molecular formula is C13H20F2N2O2. The molecule has 0 saturated carbocycles. The number of aliphatic hydroxyl groups is 1. The lowest BCUT2D eigenvalue weighted by Gasteiger charge is -2.20. The molecule has 1 unspecified atom stereocenters. The van der Waals surface area contributed by atoms with Crippen LogP contribution in [0.1, 0.15) is 5.56 Å². The molecule has 0 radical (unpaired) electrons. The molecule has 0 aromatic heterocycles. The zero-order valence-corrected chi connectivity index (χ0v) is 10.9. The Balaban J connectivity index is 2.30. The van der Waals surface area contributed by atoms with Crippen LogP contribution in [0.5, 0.6) is 5.75 Å². The summed E-state index contributed by atoms with van der Waals surface area (Å²) in [5, 5.41) is 9.66. The molecule has 0 aliphatic heterocycles. The van der Waals surface area contributed by atoms with Gasteiger partial charge in [0.2, 0.25) is 0 Å². The summed E-state index contributed by atoms with van der Waals surface area (Å²) in [4.78, 5) is 1.37. The minimum absolute atomic E-state index is 0.0650. The summed E-state index contributed by atoms with van der Waals surface area (Å²) in [7, 11) is 1.53. The van der Waals surface area contributed by atoms with E-state index in [0.29, 0.717) is 12.3 Å². The number of benzene rings is 1. The van der Waals surface area contributed by atoms with Gasteiger partial charge in [-0.3, -0.25) is 4.90 Å². The lowest BCUT2D eigenvalue weighted by atomic mass is 10.2. The Bertz CT molecular complexity index is 360. The maximum Gasteiger partial charge on any atom is 0.251 e. The van der Waals surface area contributed by atoms with Crippen LogP contribution in [0.15, 0.2) is 24.3 Å². The molecule has 0 saturated heterocycles. The third-order valence-electron chi connectivity index (χ3n) is 2.57. The predicted molar refractivity (Wildman–Crippen MR) is 69.3 cm³/mol. The van der Waals surface area contributed by atoms with Gasteiger partial charge in [-0.25, -0.2) is 8.78 Å². The van der Waals surface area contributed by atoms with Crippen LogP contribution in [0.25, 0.3) is 0 Å². The number of rotatable bonds is 8. The molecule has 3 N–H and O–H groups in total. The molecule has 108 valence electrons. The van der Waals surface area contributed by atoms with E-state index in [0.717, 1.165) is 5.56 Å². The first kappa shape index (κ1) is 15.8. The summed E-state index contributed by atoms with van der Waals surface area (Å²) in [6.45, 7) is 0.310. The van der Waals surface area contributed by atoms with Crippen LogP contribution in [0.4, 0.5) is 8.78 Å². The second kappa shape index (κ2) is 8.04. The van der Waals surface area contributed by atoms with Crippen molar-refractivity contribution in [3.63, 3.8) is 0 Å². The molecule has 0 aliphatic carbocycles. The van der Waals surface area contributed by atoms with E-state index >= 15 is 0 Å². The molecule has 1 rings (SSSR count). The summed E-state index contributed by atoms with van der Waals surface area (Å²) in [5.41, 5.74) is 6.46. The standard InChI is InChI=1S/C13H20F2N2O2/c1-17(8-13(14)15)7-11(18)9-19-12-4-2-10(6-16)3-5-12/h2-5,11,13,18H,6-9,16H2,1H3. The normalized spacial score (nSPS) is 13.0. The fourth-order valence-corrected chi connectivity index (χ4v) is 1.64. The molecule has 1 aromatic carbocycles. The molecule has 4 nitrogen and oxygen atoms in total. The van der Waals surface area contributed by atoms with E-state index in [1.807, 2.05) is 12.1 Å². The minimum atomic E-state index is -2.40. The molecule has 0 bridgehead atoms. The summed E-state index contributed by atoms with van der Waals surface area (Å²) < 4.78 is 29.6. The molecule has 0 heterocycles. The first-order chi connectivity index (χ1) is 9.01. The third kappa shape index (κ3) is 6.47. The van der Waals surface area contributed by atoms with E-state index in [1.54, 1.807) is 12.1 Å². The number of alkyl halides is 2. The van der Waals surface area contributed by atoms with Crippen molar-refractivity contribution in [2.24, 2.45) is 5.73 Å². The number of hydrogen-bond donors (Lipinski definition) is 2. The second-order valence-corrected chi connectivity index (χ2v) is 4.43. The van der Waals surface area contributed by atoms with E-state index in [2.05, 4.69) is 0 Å². The fourth-order valence-electron chi connectivity index (χ4n) is 1.64. The predicted octanol–water partition coefficient (Wildman–Crippen LogP) is 1.08. The van der Waals surface area contributed by atoms with E-state index in [4.69, 9.17) is 10.5 Å². The fraction of sp³-hybridized carbons (Fsp3) is 0.538. The van der Waals surface area contributed by atoms with Gasteiger partial charge in [-0.15, -0.1) is 0 Å². The molecule has 0 amide bonds. The van der Waals surface area contributed by atoms with Crippen LogP contribution in [0, 0.1) is 0 Å². The van der Waals surface area contributed by atoms with Crippen LogP contribution in [-0.2, 0) is 6.54 Å². The van der Waals surface area contributed by atoms with Crippen molar-refractivity contribution in [1.29, 1.82) is 0 Å². The number of ether oxygens (including phenoxy) is 1. The highest BCUT2D eigenvalue weighted by atomic mass is 19.3. The zero-order valence-electron chi connectivity index (χ0n) is 10.9. The van der Waals surface area contributed by atoms with Gasteiger partial charge < -0.3 is 15.6 Å². The number of nitrogens with zero attached hydrogens (tertiary/aromatic N) is 1.